The number of pyridine rings is 1. The Bertz CT molecular complexity index is 1020. The van der Waals surface area contributed by atoms with Gasteiger partial charge in [0.1, 0.15) is 5.82 Å². The molecule has 4 atom stereocenters. The minimum atomic E-state index is -1.28. The van der Waals surface area contributed by atoms with E-state index in [9.17, 15) is 24.6 Å². The Morgan fingerprint density at radius 2 is 2.06 bits per heavy atom. The summed E-state index contributed by atoms with van der Waals surface area (Å²) in [6.45, 7) is -0.435. The number of aliphatic hydroxyl groups excluding tert-OH is 2. The Hall–Kier alpha value is -2.54. The van der Waals surface area contributed by atoms with Gasteiger partial charge in [-0.2, -0.15) is 0 Å². The van der Waals surface area contributed by atoms with Gasteiger partial charge in [-0.3, -0.25) is 14.4 Å². The van der Waals surface area contributed by atoms with Gasteiger partial charge in [0, 0.05) is 19.7 Å². The van der Waals surface area contributed by atoms with Gasteiger partial charge in [-0.15, -0.1) is 0 Å². The fourth-order valence-corrected chi connectivity index (χ4v) is 7.67. The van der Waals surface area contributed by atoms with Gasteiger partial charge in [-0.05, 0) is 28.5 Å². The molecule has 0 unspecified atom stereocenters. The molecule has 0 saturated carbocycles. The number of nitrogens with zero attached hydrogens (tertiary/aromatic N) is 3. The normalized spacial score (nSPS) is 32.8. The van der Waals surface area contributed by atoms with Crippen molar-refractivity contribution in [3.05, 3.63) is 47.7 Å². The van der Waals surface area contributed by atoms with Crippen LogP contribution in [0.3, 0.4) is 0 Å². The summed E-state index contributed by atoms with van der Waals surface area (Å²) in [7, 11) is 4.14. The fourth-order valence-electron chi connectivity index (χ4n) is 4.10. The van der Waals surface area contributed by atoms with E-state index in [2.05, 4.69) is 4.98 Å². The third kappa shape index (κ3) is 3.04. The summed E-state index contributed by atoms with van der Waals surface area (Å²) in [6, 6.07) is 2.56. The van der Waals surface area contributed by atoms with Crippen LogP contribution in [0.1, 0.15) is 16.8 Å². The van der Waals surface area contributed by atoms with Gasteiger partial charge in [0.05, 0.1) is 24.3 Å². The van der Waals surface area contributed by atoms with Crippen LogP contribution >= 0.6 is 21.6 Å². The van der Waals surface area contributed by atoms with E-state index in [0.29, 0.717) is 17.8 Å². The number of anilines is 1. The molecule has 1 aromatic rings. The first-order chi connectivity index (χ1) is 14.7. The van der Waals surface area contributed by atoms with Crippen molar-refractivity contribution in [2.24, 2.45) is 5.73 Å². The molecule has 5 aliphatic rings. The van der Waals surface area contributed by atoms with Crippen LogP contribution in [0.2, 0.25) is 0 Å². The number of hydrogen-bond donors (Lipinski definition) is 4. The molecule has 1 spiro atoms. The Balaban J connectivity index is 0.000000196. The number of aliphatic hydroxyl groups is 2. The molecule has 3 amide bonds. The lowest BCUT2D eigenvalue weighted by Crippen LogP contribution is -2.77. The third-order valence-corrected chi connectivity index (χ3v) is 9.40. The average molecular weight is 464 g/mol. The lowest BCUT2D eigenvalue weighted by Gasteiger charge is -2.58. The van der Waals surface area contributed by atoms with Crippen LogP contribution < -0.4 is 11.5 Å². The third-order valence-electron chi connectivity index (χ3n) is 5.77. The Kier molecular flexibility index (Phi) is 5.28. The fraction of sp³-hybridized carbons (Fsp3) is 0.368. The quantitative estimate of drug-likeness (QED) is 0.422. The number of likely N-dealkylation sites (N-methyl/N-ethyl adjacent to an activating group) is 1. The van der Waals surface area contributed by atoms with E-state index in [0.717, 1.165) is 5.57 Å². The van der Waals surface area contributed by atoms with Crippen molar-refractivity contribution in [3.63, 3.8) is 0 Å². The molecule has 4 fully saturated rings. The minimum absolute atomic E-state index is 0.178. The number of aromatic nitrogens is 1. The van der Waals surface area contributed by atoms with Crippen LogP contribution in [0.15, 0.2) is 42.1 Å². The monoisotopic (exact) mass is 463 g/mol. The van der Waals surface area contributed by atoms with Gasteiger partial charge in [0.2, 0.25) is 10.8 Å². The zero-order chi connectivity index (χ0) is 22.6. The highest BCUT2D eigenvalue weighted by Gasteiger charge is 2.73. The van der Waals surface area contributed by atoms with Gasteiger partial charge in [-0.25, -0.2) is 4.98 Å². The molecule has 4 saturated heterocycles. The number of primary amides is 1. The number of fused-ring (bicyclic) bond motifs is 3. The highest BCUT2D eigenvalue weighted by molar-refractivity contribution is 8.78. The maximum atomic E-state index is 12.9. The molecule has 6 N–H and O–H groups in total. The second kappa shape index (κ2) is 7.55. The molecule has 31 heavy (non-hydrogen) atoms. The maximum absolute atomic E-state index is 12.9. The van der Waals surface area contributed by atoms with Crippen molar-refractivity contribution >= 4 is 45.1 Å². The summed E-state index contributed by atoms with van der Waals surface area (Å²) >= 11 is 0. The smallest absolute Gasteiger partial charge is 0.264 e. The molecule has 1 aliphatic carbocycles. The molecule has 12 heteroatoms. The molecule has 10 nitrogen and oxygen atoms in total. The van der Waals surface area contributed by atoms with Crippen LogP contribution in [0.25, 0.3) is 0 Å². The summed E-state index contributed by atoms with van der Waals surface area (Å²) in [6.07, 6.45) is 6.21. The van der Waals surface area contributed by atoms with Crippen molar-refractivity contribution in [3.8, 4) is 0 Å². The number of allylic oxidation sites excluding steroid dienone is 2. The number of nitrogen functional groups attached to an aromatic ring is 1. The lowest BCUT2D eigenvalue weighted by atomic mass is 9.97. The highest BCUT2D eigenvalue weighted by Crippen LogP contribution is 2.64. The van der Waals surface area contributed by atoms with Gasteiger partial charge < -0.3 is 31.5 Å². The number of carbonyl (C=O) groups excluding carboxylic acids is 3. The molecule has 4 aliphatic heterocycles. The number of rotatable bonds is 2. The summed E-state index contributed by atoms with van der Waals surface area (Å²) in [5.41, 5.74) is 11.5. The number of hydrogen-bond acceptors (Lipinski definition) is 9. The van der Waals surface area contributed by atoms with Gasteiger partial charge in [0.25, 0.3) is 11.8 Å². The van der Waals surface area contributed by atoms with E-state index in [1.807, 2.05) is 6.08 Å². The first-order valence-electron chi connectivity index (χ1n) is 9.34. The Morgan fingerprint density at radius 1 is 1.32 bits per heavy atom. The number of amides is 3. The number of nitrogens with two attached hydrogens (primary N) is 2. The molecule has 2 bridgehead atoms. The minimum Gasteiger partial charge on any atom is -0.392 e. The van der Waals surface area contributed by atoms with Crippen molar-refractivity contribution in [1.82, 2.24) is 14.8 Å². The van der Waals surface area contributed by atoms with E-state index < -0.39 is 34.4 Å². The summed E-state index contributed by atoms with van der Waals surface area (Å²) in [4.78, 5) is 40.5. The largest absolute Gasteiger partial charge is 0.392 e. The van der Waals surface area contributed by atoms with Gasteiger partial charge in [-0.1, -0.05) is 29.0 Å². The predicted octanol–water partition coefficient (Wildman–Crippen LogP) is -0.541. The van der Waals surface area contributed by atoms with Crippen LogP contribution in [0.5, 0.6) is 0 Å². The Labute approximate surface area is 185 Å². The van der Waals surface area contributed by atoms with Crippen molar-refractivity contribution in [1.29, 1.82) is 0 Å². The molecular formula is C19H21N5O5S2. The first kappa shape index (κ1) is 21.7. The molecule has 5 heterocycles. The van der Waals surface area contributed by atoms with Crippen LogP contribution in [-0.4, -0.2) is 78.3 Å². The van der Waals surface area contributed by atoms with Crippen LogP contribution in [0, 0.1) is 0 Å². The van der Waals surface area contributed by atoms with E-state index >= 15 is 0 Å². The van der Waals surface area contributed by atoms with Crippen molar-refractivity contribution in [2.45, 2.75) is 28.3 Å². The lowest BCUT2D eigenvalue weighted by molar-refractivity contribution is -0.168. The van der Waals surface area contributed by atoms with E-state index in [-0.39, 0.29) is 11.8 Å². The van der Waals surface area contributed by atoms with Crippen LogP contribution in [0.4, 0.5) is 5.82 Å². The Morgan fingerprint density at radius 3 is 2.68 bits per heavy atom. The summed E-state index contributed by atoms with van der Waals surface area (Å²) in [5, 5.41) is 20.0. The van der Waals surface area contributed by atoms with Gasteiger partial charge >= 0.3 is 0 Å². The first-order valence-corrected chi connectivity index (χ1v) is 11.5. The second-order valence-corrected chi connectivity index (χ2v) is 10.2. The van der Waals surface area contributed by atoms with Crippen molar-refractivity contribution in [2.75, 3.05) is 19.4 Å². The van der Waals surface area contributed by atoms with Gasteiger partial charge in [0.15, 0.2) is 4.87 Å². The van der Waals surface area contributed by atoms with E-state index in [1.54, 1.807) is 19.2 Å². The zero-order valence-electron chi connectivity index (χ0n) is 16.5. The molecular weight excluding hydrogens is 442 g/mol. The maximum Gasteiger partial charge on any atom is 0.264 e. The molecule has 0 aromatic carbocycles. The molecule has 0 radical (unpaired) electrons. The summed E-state index contributed by atoms with van der Waals surface area (Å²) < 4.78 is 0. The topological polar surface area (TPSA) is 163 Å². The average Bonchev–Trinajstić information content (AvgIpc) is 3.11. The van der Waals surface area contributed by atoms with Crippen LogP contribution in [-0.2, 0) is 9.59 Å². The zero-order valence-corrected chi connectivity index (χ0v) is 18.1. The number of piperazine rings is 1. The molecule has 6 rings (SSSR count). The standard InChI is InChI=1S/C13H14N2O4S2.C6H7N3O/c1-14-10(18)12-5-7-3-2-4-8(17)9(7)15(12)11(19)13(14,6-16)21-20-12;7-5-2-1-4(3-9-5)6(8)10/h2-4,8-9,16-17H,5-6H2,1H3;1-3H,(H2,7,9)(H2,8,10)/t8-,9-,12+,13+;/m0./s1. The predicted molar refractivity (Wildman–Crippen MR) is 116 cm³/mol. The van der Waals surface area contributed by atoms with Crippen molar-refractivity contribution < 1.29 is 24.6 Å². The second-order valence-electron chi connectivity index (χ2n) is 7.51. The molecule has 1 aromatic heterocycles. The SMILES string of the molecule is CN1C(=O)[C@]23CC4=CC=C[C@H](O)[C@H]4N2C(=O)[C@@]1(CO)SS3.NC(=O)c1ccc(N)nc1. The highest BCUT2D eigenvalue weighted by atomic mass is 33.1. The van der Waals surface area contributed by atoms with E-state index in [1.165, 1.54) is 49.7 Å². The summed E-state index contributed by atoms with van der Waals surface area (Å²) in [5.74, 6) is -0.585. The number of carbonyl (C=O) groups is 3. The van der Waals surface area contributed by atoms with E-state index in [4.69, 9.17) is 11.5 Å². The molecule has 164 valence electrons.